The Morgan fingerprint density at radius 2 is 1.94 bits per heavy atom. The Labute approximate surface area is 100 Å². The topological polar surface area (TPSA) is 24.9 Å². The maximum atomic E-state index is 5.82. The summed E-state index contributed by atoms with van der Waals surface area (Å²) in [5.74, 6) is 0.763. The molecule has 0 atom stereocenters. The van der Waals surface area contributed by atoms with Crippen LogP contribution in [0.15, 0.2) is 36.4 Å². The lowest BCUT2D eigenvalue weighted by molar-refractivity contribution is 1.29. The van der Waals surface area contributed by atoms with E-state index >= 15 is 0 Å². The van der Waals surface area contributed by atoms with Crippen LogP contribution in [0.3, 0.4) is 0 Å². The van der Waals surface area contributed by atoms with Crippen molar-refractivity contribution >= 4 is 23.1 Å². The van der Waals surface area contributed by atoms with Gasteiger partial charge in [0.2, 0.25) is 0 Å². The highest BCUT2D eigenvalue weighted by molar-refractivity contribution is 6.29. The molecule has 0 saturated heterocycles. The fraction of sp³-hybridized carbons (Fsp3) is 0.154. The molecule has 3 heteroatoms. The number of anilines is 2. The van der Waals surface area contributed by atoms with Crippen LogP contribution < -0.4 is 5.32 Å². The second-order valence-corrected chi connectivity index (χ2v) is 4.18. The summed E-state index contributed by atoms with van der Waals surface area (Å²) in [4.78, 5) is 4.19. The molecule has 2 aromatic rings. The predicted octanol–water partition coefficient (Wildman–Crippen LogP) is 4.10. The third kappa shape index (κ3) is 2.52. The molecular formula is C13H13ClN2. The van der Waals surface area contributed by atoms with Gasteiger partial charge in [0.1, 0.15) is 11.0 Å². The normalized spacial score (nSPS) is 10.2. The molecule has 0 aliphatic carbocycles. The zero-order chi connectivity index (χ0) is 11.5. The minimum absolute atomic E-state index is 0.495. The molecule has 0 amide bonds. The van der Waals surface area contributed by atoms with Gasteiger partial charge < -0.3 is 5.32 Å². The van der Waals surface area contributed by atoms with Gasteiger partial charge in [-0.05, 0) is 37.6 Å². The Morgan fingerprint density at radius 1 is 1.12 bits per heavy atom. The molecule has 0 spiro atoms. The van der Waals surface area contributed by atoms with Crippen molar-refractivity contribution in [2.75, 3.05) is 5.32 Å². The molecule has 16 heavy (non-hydrogen) atoms. The fourth-order valence-corrected chi connectivity index (χ4v) is 1.73. The lowest BCUT2D eigenvalue weighted by Crippen LogP contribution is -1.95. The van der Waals surface area contributed by atoms with Crippen molar-refractivity contribution in [3.05, 3.63) is 52.7 Å². The number of aromatic nitrogens is 1. The molecule has 1 aromatic heterocycles. The van der Waals surface area contributed by atoms with E-state index < -0.39 is 0 Å². The summed E-state index contributed by atoms with van der Waals surface area (Å²) in [6, 6.07) is 11.8. The van der Waals surface area contributed by atoms with Gasteiger partial charge >= 0.3 is 0 Å². The van der Waals surface area contributed by atoms with Crippen molar-refractivity contribution in [3.8, 4) is 0 Å². The number of nitrogens with zero attached hydrogens (tertiary/aromatic N) is 1. The molecule has 1 aromatic carbocycles. The number of nitrogens with one attached hydrogen (secondary N) is 1. The summed E-state index contributed by atoms with van der Waals surface area (Å²) in [6.07, 6.45) is 0. The van der Waals surface area contributed by atoms with E-state index in [1.54, 1.807) is 6.07 Å². The van der Waals surface area contributed by atoms with Gasteiger partial charge in [0.15, 0.2) is 0 Å². The highest BCUT2D eigenvalue weighted by atomic mass is 35.5. The molecule has 0 aliphatic heterocycles. The van der Waals surface area contributed by atoms with Crippen LogP contribution in [-0.2, 0) is 0 Å². The van der Waals surface area contributed by atoms with E-state index in [4.69, 9.17) is 11.6 Å². The predicted molar refractivity (Wildman–Crippen MR) is 68.4 cm³/mol. The van der Waals surface area contributed by atoms with E-state index in [0.29, 0.717) is 5.15 Å². The average molecular weight is 233 g/mol. The Morgan fingerprint density at radius 3 is 2.62 bits per heavy atom. The molecule has 0 radical (unpaired) electrons. The molecule has 0 unspecified atom stereocenters. The number of benzene rings is 1. The Balaban J connectivity index is 2.27. The second kappa shape index (κ2) is 4.54. The van der Waals surface area contributed by atoms with E-state index in [1.807, 2.05) is 18.2 Å². The molecule has 2 nitrogen and oxygen atoms in total. The van der Waals surface area contributed by atoms with Crippen LogP contribution in [0.2, 0.25) is 5.15 Å². The van der Waals surface area contributed by atoms with Crippen LogP contribution >= 0.6 is 11.6 Å². The van der Waals surface area contributed by atoms with Crippen molar-refractivity contribution in [2.24, 2.45) is 0 Å². The number of halogens is 1. The van der Waals surface area contributed by atoms with Crippen molar-refractivity contribution in [1.29, 1.82) is 0 Å². The molecule has 1 N–H and O–H groups in total. The average Bonchev–Trinajstić information content (AvgIpc) is 2.22. The highest BCUT2D eigenvalue weighted by Crippen LogP contribution is 2.20. The summed E-state index contributed by atoms with van der Waals surface area (Å²) >= 11 is 5.82. The summed E-state index contributed by atoms with van der Waals surface area (Å²) in [7, 11) is 0. The maximum absolute atomic E-state index is 5.82. The zero-order valence-corrected chi connectivity index (χ0v) is 10.0. The van der Waals surface area contributed by atoms with Crippen molar-refractivity contribution in [1.82, 2.24) is 4.98 Å². The minimum atomic E-state index is 0.495. The summed E-state index contributed by atoms with van der Waals surface area (Å²) < 4.78 is 0. The van der Waals surface area contributed by atoms with Crippen LogP contribution in [0.5, 0.6) is 0 Å². The molecular weight excluding hydrogens is 220 g/mol. The van der Waals surface area contributed by atoms with Gasteiger partial charge in [-0.15, -0.1) is 0 Å². The SMILES string of the molecule is Cc1ccc(Nc2cccc(Cl)n2)c(C)c1. The van der Waals surface area contributed by atoms with Gasteiger partial charge in [-0.25, -0.2) is 4.98 Å². The van der Waals surface area contributed by atoms with Gasteiger partial charge in [-0.2, -0.15) is 0 Å². The zero-order valence-electron chi connectivity index (χ0n) is 9.29. The largest absolute Gasteiger partial charge is 0.340 e. The smallest absolute Gasteiger partial charge is 0.132 e. The van der Waals surface area contributed by atoms with Crippen LogP contribution in [0.1, 0.15) is 11.1 Å². The molecule has 2 rings (SSSR count). The third-order valence-corrected chi connectivity index (χ3v) is 2.57. The van der Waals surface area contributed by atoms with E-state index in [9.17, 15) is 0 Å². The number of pyridine rings is 1. The van der Waals surface area contributed by atoms with Crippen molar-refractivity contribution < 1.29 is 0 Å². The maximum Gasteiger partial charge on any atom is 0.132 e. The number of hydrogen-bond donors (Lipinski definition) is 1. The van der Waals surface area contributed by atoms with Gasteiger partial charge in [0, 0.05) is 5.69 Å². The molecule has 0 aliphatic rings. The molecule has 0 fully saturated rings. The van der Waals surface area contributed by atoms with Crippen LogP contribution in [0, 0.1) is 13.8 Å². The number of rotatable bonds is 2. The summed E-state index contributed by atoms with van der Waals surface area (Å²) in [5, 5.41) is 3.74. The van der Waals surface area contributed by atoms with Crippen LogP contribution in [-0.4, -0.2) is 4.98 Å². The molecule has 1 heterocycles. The molecule has 82 valence electrons. The first-order chi connectivity index (χ1) is 7.65. The Hall–Kier alpha value is -1.54. The summed E-state index contributed by atoms with van der Waals surface area (Å²) in [6.45, 7) is 4.15. The molecule has 0 bridgehead atoms. The van der Waals surface area contributed by atoms with Crippen LogP contribution in [0.25, 0.3) is 0 Å². The van der Waals surface area contributed by atoms with Crippen molar-refractivity contribution in [3.63, 3.8) is 0 Å². The quantitative estimate of drug-likeness (QED) is 0.789. The fourth-order valence-electron chi connectivity index (χ4n) is 1.57. The number of aryl methyl sites for hydroxylation is 2. The van der Waals surface area contributed by atoms with Gasteiger partial charge in [0.25, 0.3) is 0 Å². The second-order valence-electron chi connectivity index (χ2n) is 3.79. The van der Waals surface area contributed by atoms with Crippen molar-refractivity contribution in [2.45, 2.75) is 13.8 Å². The minimum Gasteiger partial charge on any atom is -0.340 e. The van der Waals surface area contributed by atoms with E-state index in [-0.39, 0.29) is 0 Å². The molecule has 0 saturated carbocycles. The van der Waals surface area contributed by atoms with Gasteiger partial charge in [-0.3, -0.25) is 0 Å². The highest BCUT2D eigenvalue weighted by Gasteiger charge is 2.00. The Kier molecular flexibility index (Phi) is 3.11. The first-order valence-corrected chi connectivity index (χ1v) is 5.50. The Bertz CT molecular complexity index is 509. The van der Waals surface area contributed by atoms with E-state index in [2.05, 4.69) is 36.3 Å². The summed E-state index contributed by atoms with van der Waals surface area (Å²) in [5.41, 5.74) is 3.50. The first kappa shape index (κ1) is 11.0. The third-order valence-electron chi connectivity index (χ3n) is 2.36. The number of hydrogen-bond acceptors (Lipinski definition) is 2. The van der Waals surface area contributed by atoms with Gasteiger partial charge in [0.05, 0.1) is 0 Å². The monoisotopic (exact) mass is 232 g/mol. The van der Waals surface area contributed by atoms with E-state index in [1.165, 1.54) is 11.1 Å². The lowest BCUT2D eigenvalue weighted by atomic mass is 10.1. The van der Waals surface area contributed by atoms with Crippen LogP contribution in [0.4, 0.5) is 11.5 Å². The lowest BCUT2D eigenvalue weighted by Gasteiger charge is -2.09. The van der Waals surface area contributed by atoms with Gasteiger partial charge in [-0.1, -0.05) is 35.4 Å². The first-order valence-electron chi connectivity index (χ1n) is 5.12. The van der Waals surface area contributed by atoms with E-state index in [0.717, 1.165) is 11.5 Å². The standard InChI is InChI=1S/C13H13ClN2/c1-9-6-7-11(10(2)8-9)15-13-5-3-4-12(14)16-13/h3-8H,1-2H3,(H,15,16).